The van der Waals surface area contributed by atoms with Crippen LogP contribution in [0.3, 0.4) is 0 Å². The second-order valence-electron chi connectivity index (χ2n) is 3.02. The van der Waals surface area contributed by atoms with Crippen LogP contribution in [0, 0.1) is 5.92 Å². The molecule has 0 aliphatic heterocycles. The van der Waals surface area contributed by atoms with Gasteiger partial charge < -0.3 is 8.83 Å². The molecule has 0 spiro atoms. The Bertz CT molecular complexity index is 269. The topological polar surface area (TPSA) is 43.4 Å². The van der Waals surface area contributed by atoms with Gasteiger partial charge in [-0.2, -0.15) is 0 Å². The highest BCUT2D eigenvalue weighted by Crippen LogP contribution is 2.21. The molecule has 0 saturated carbocycles. The Kier molecular flexibility index (Phi) is 2.17. The Morgan fingerprint density at radius 1 is 1.36 bits per heavy atom. The van der Waals surface area contributed by atoms with Gasteiger partial charge in [0, 0.05) is 5.92 Å². The lowest BCUT2D eigenvalue weighted by atomic mass is 9.96. The lowest BCUT2D eigenvalue weighted by molar-refractivity contribution is 0.351. The van der Waals surface area contributed by atoms with Crippen molar-refractivity contribution in [3.63, 3.8) is 0 Å². The maximum atomic E-state index is 10.5. The van der Waals surface area contributed by atoms with Gasteiger partial charge in [0.05, 0.1) is 0 Å². The van der Waals surface area contributed by atoms with Crippen molar-refractivity contribution in [2.24, 2.45) is 5.92 Å². The van der Waals surface area contributed by atoms with Crippen molar-refractivity contribution in [2.75, 3.05) is 0 Å². The van der Waals surface area contributed by atoms with Gasteiger partial charge in [0.2, 0.25) is 0 Å². The van der Waals surface area contributed by atoms with Gasteiger partial charge in [0.25, 0.3) is 0 Å². The molecule has 0 amide bonds. The predicted molar refractivity (Wildman–Crippen MR) is 40.5 cm³/mol. The normalized spacial score (nSPS) is 13.8. The summed E-state index contributed by atoms with van der Waals surface area (Å²) in [6, 6.07) is 0. The molecule has 0 bridgehead atoms. The molecule has 0 N–H and O–H groups in total. The average molecular weight is 156 g/mol. The van der Waals surface area contributed by atoms with Crippen LogP contribution < -0.4 is 5.82 Å². The van der Waals surface area contributed by atoms with Crippen LogP contribution in [0.5, 0.6) is 0 Å². The Morgan fingerprint density at radius 2 is 2.00 bits per heavy atom. The van der Waals surface area contributed by atoms with Crippen LogP contribution in [0.25, 0.3) is 0 Å². The first-order chi connectivity index (χ1) is 5.11. The highest BCUT2D eigenvalue weighted by Gasteiger charge is 2.14. The van der Waals surface area contributed by atoms with E-state index in [1.165, 1.54) is 6.26 Å². The maximum absolute atomic E-state index is 10.5. The van der Waals surface area contributed by atoms with E-state index in [2.05, 4.69) is 18.3 Å². The molecule has 1 unspecified atom stereocenters. The molecule has 1 aromatic rings. The Hall–Kier alpha value is -0.990. The van der Waals surface area contributed by atoms with Crippen LogP contribution in [0.4, 0.5) is 0 Å². The monoisotopic (exact) mass is 156 g/mol. The predicted octanol–water partition coefficient (Wildman–Crippen LogP) is 1.99. The first-order valence-electron chi connectivity index (χ1n) is 3.69. The van der Waals surface area contributed by atoms with Crippen molar-refractivity contribution >= 4 is 0 Å². The smallest absolute Gasteiger partial charge is 0.399 e. The zero-order chi connectivity index (χ0) is 8.43. The quantitative estimate of drug-likeness (QED) is 0.657. The van der Waals surface area contributed by atoms with Crippen molar-refractivity contribution in [3.05, 3.63) is 22.6 Å². The minimum absolute atomic E-state index is 0.237. The zero-order valence-electron chi connectivity index (χ0n) is 6.96. The number of rotatable bonds is 2. The lowest BCUT2D eigenvalue weighted by Crippen LogP contribution is -2.00. The largest absolute Gasteiger partial charge is 0.518 e. The van der Waals surface area contributed by atoms with Crippen LogP contribution >= 0.6 is 0 Å². The molecule has 0 aliphatic carbocycles. The first-order valence-corrected chi connectivity index (χ1v) is 3.69. The molecular formula is C8H12O3. The summed E-state index contributed by atoms with van der Waals surface area (Å²) in [6.45, 7) is 6.13. The molecule has 1 heterocycles. The number of hydrogen-bond acceptors (Lipinski definition) is 3. The van der Waals surface area contributed by atoms with Crippen LogP contribution in [0.1, 0.15) is 32.4 Å². The van der Waals surface area contributed by atoms with Gasteiger partial charge in [0.15, 0.2) is 0 Å². The summed E-state index contributed by atoms with van der Waals surface area (Å²) in [5.74, 6) is 0.703. The molecular weight excluding hydrogens is 144 g/mol. The standard InChI is InChI=1S/C8H12O3/c1-5(2)6(3)7-4-10-8(9)11-7/h4-6H,1-3H3. The van der Waals surface area contributed by atoms with Crippen LogP contribution in [0.15, 0.2) is 19.9 Å². The minimum atomic E-state index is -0.618. The van der Waals surface area contributed by atoms with E-state index in [0.717, 1.165) is 0 Å². The third kappa shape index (κ3) is 1.73. The highest BCUT2D eigenvalue weighted by molar-refractivity contribution is 4.95. The van der Waals surface area contributed by atoms with Gasteiger partial charge in [-0.3, -0.25) is 0 Å². The van der Waals surface area contributed by atoms with Crippen molar-refractivity contribution in [3.8, 4) is 0 Å². The van der Waals surface area contributed by atoms with E-state index < -0.39 is 5.82 Å². The molecule has 0 aromatic carbocycles. The van der Waals surface area contributed by atoms with E-state index in [4.69, 9.17) is 4.42 Å². The summed E-state index contributed by atoms with van der Waals surface area (Å²) in [4.78, 5) is 10.5. The first kappa shape index (κ1) is 8.11. The van der Waals surface area contributed by atoms with Crippen molar-refractivity contribution in [2.45, 2.75) is 26.7 Å². The van der Waals surface area contributed by atoms with E-state index in [1.807, 2.05) is 6.92 Å². The molecule has 11 heavy (non-hydrogen) atoms. The molecule has 3 nitrogen and oxygen atoms in total. The lowest BCUT2D eigenvalue weighted by Gasteiger charge is -2.09. The van der Waals surface area contributed by atoms with Gasteiger partial charge in [-0.25, -0.2) is 4.79 Å². The molecule has 1 aromatic heterocycles. The van der Waals surface area contributed by atoms with Crippen LogP contribution in [-0.4, -0.2) is 0 Å². The van der Waals surface area contributed by atoms with Gasteiger partial charge in [-0.15, -0.1) is 0 Å². The fourth-order valence-corrected chi connectivity index (χ4v) is 0.779. The third-order valence-electron chi connectivity index (χ3n) is 1.92. The fourth-order valence-electron chi connectivity index (χ4n) is 0.779. The van der Waals surface area contributed by atoms with Crippen LogP contribution in [0.2, 0.25) is 0 Å². The van der Waals surface area contributed by atoms with E-state index in [1.54, 1.807) is 0 Å². The average Bonchev–Trinajstić information content (AvgIpc) is 2.34. The summed E-state index contributed by atoms with van der Waals surface area (Å²) < 4.78 is 9.30. The molecule has 3 heteroatoms. The molecule has 0 fully saturated rings. The molecule has 0 aliphatic rings. The second kappa shape index (κ2) is 2.95. The minimum Gasteiger partial charge on any atom is -0.399 e. The van der Waals surface area contributed by atoms with E-state index in [0.29, 0.717) is 11.7 Å². The molecule has 1 rings (SSSR count). The van der Waals surface area contributed by atoms with Crippen molar-refractivity contribution in [1.29, 1.82) is 0 Å². The Morgan fingerprint density at radius 3 is 2.36 bits per heavy atom. The van der Waals surface area contributed by atoms with E-state index in [9.17, 15) is 4.79 Å². The van der Waals surface area contributed by atoms with Crippen LogP contribution in [-0.2, 0) is 0 Å². The Labute approximate surface area is 65.0 Å². The summed E-state index contributed by atoms with van der Waals surface area (Å²) in [6.07, 6.45) is 1.38. The zero-order valence-corrected chi connectivity index (χ0v) is 6.96. The van der Waals surface area contributed by atoms with Crippen molar-refractivity contribution < 1.29 is 8.83 Å². The summed E-state index contributed by atoms with van der Waals surface area (Å²) in [7, 11) is 0. The van der Waals surface area contributed by atoms with Gasteiger partial charge in [0.1, 0.15) is 12.0 Å². The Balaban J connectivity index is 2.84. The summed E-state index contributed by atoms with van der Waals surface area (Å²) in [5, 5.41) is 0. The third-order valence-corrected chi connectivity index (χ3v) is 1.92. The van der Waals surface area contributed by atoms with Gasteiger partial charge in [-0.05, 0) is 5.92 Å². The number of hydrogen-bond donors (Lipinski definition) is 0. The van der Waals surface area contributed by atoms with E-state index in [-0.39, 0.29) is 5.92 Å². The van der Waals surface area contributed by atoms with Crippen molar-refractivity contribution in [1.82, 2.24) is 0 Å². The summed E-state index contributed by atoms with van der Waals surface area (Å²) >= 11 is 0. The maximum Gasteiger partial charge on any atom is 0.518 e. The molecule has 62 valence electrons. The molecule has 0 saturated heterocycles. The van der Waals surface area contributed by atoms with Gasteiger partial charge in [-0.1, -0.05) is 20.8 Å². The summed E-state index contributed by atoms with van der Waals surface area (Å²) in [5.41, 5.74) is 0. The highest BCUT2D eigenvalue weighted by atomic mass is 16.6. The fraction of sp³-hybridized carbons (Fsp3) is 0.625. The van der Waals surface area contributed by atoms with Gasteiger partial charge >= 0.3 is 5.82 Å². The second-order valence-corrected chi connectivity index (χ2v) is 3.02. The SMILES string of the molecule is CC(C)C(C)c1coc(=O)o1. The van der Waals surface area contributed by atoms with E-state index >= 15 is 0 Å². The molecule has 0 radical (unpaired) electrons. The molecule has 1 atom stereocenters.